The number of anilines is 1. The molecule has 0 amide bonds. The average molecular weight is 221 g/mol. The van der Waals surface area contributed by atoms with Crippen molar-refractivity contribution in [3.05, 3.63) is 30.3 Å². The number of hydrogen-bond donors (Lipinski definition) is 1. The second-order valence-corrected chi connectivity index (χ2v) is 3.89. The summed E-state index contributed by atoms with van der Waals surface area (Å²) in [6, 6.07) is 8.99. The molecule has 1 N–H and O–H groups in total. The van der Waals surface area contributed by atoms with E-state index in [0.29, 0.717) is 13.2 Å². The quantitative estimate of drug-likeness (QED) is 0.819. The minimum absolute atomic E-state index is 0.286. The van der Waals surface area contributed by atoms with Gasteiger partial charge in [0.15, 0.2) is 6.04 Å². The Balaban J connectivity index is 2.27. The Kier molecular flexibility index (Phi) is 3.10. The highest BCUT2D eigenvalue weighted by Crippen LogP contribution is 2.22. The number of carbonyl (C=O) groups is 1. The number of hydrogen-bond acceptors (Lipinski definition) is 3. The van der Waals surface area contributed by atoms with Crippen molar-refractivity contribution in [2.75, 3.05) is 18.1 Å². The third-order valence-corrected chi connectivity index (χ3v) is 2.83. The second kappa shape index (κ2) is 4.53. The molecular weight excluding hydrogens is 206 g/mol. The molecule has 16 heavy (non-hydrogen) atoms. The first-order valence-electron chi connectivity index (χ1n) is 5.36. The summed E-state index contributed by atoms with van der Waals surface area (Å²) < 4.78 is 5.38. The summed E-state index contributed by atoms with van der Waals surface area (Å²) in [5, 5.41) is 9.22. The van der Waals surface area contributed by atoms with Crippen molar-refractivity contribution >= 4 is 11.7 Å². The number of para-hydroxylation sites is 1. The van der Waals surface area contributed by atoms with Gasteiger partial charge in [-0.3, -0.25) is 0 Å². The number of rotatable bonds is 2. The molecule has 0 aliphatic carbocycles. The zero-order chi connectivity index (χ0) is 11.5. The van der Waals surface area contributed by atoms with Crippen LogP contribution in [0.5, 0.6) is 0 Å². The van der Waals surface area contributed by atoms with Crippen molar-refractivity contribution in [1.29, 1.82) is 0 Å². The van der Waals surface area contributed by atoms with Gasteiger partial charge in [0, 0.05) is 12.2 Å². The average Bonchev–Trinajstić information content (AvgIpc) is 2.29. The predicted molar refractivity (Wildman–Crippen MR) is 60.6 cm³/mol. The Morgan fingerprint density at radius 3 is 2.75 bits per heavy atom. The van der Waals surface area contributed by atoms with Gasteiger partial charge >= 0.3 is 5.97 Å². The normalized spacial score (nSPS) is 25.4. The monoisotopic (exact) mass is 221 g/mol. The van der Waals surface area contributed by atoms with Crippen LogP contribution in [0.4, 0.5) is 5.69 Å². The predicted octanol–water partition coefficient (Wildman–Crippen LogP) is 1.36. The fraction of sp³-hybridized carbons (Fsp3) is 0.417. The fourth-order valence-corrected chi connectivity index (χ4v) is 2.06. The lowest BCUT2D eigenvalue weighted by Crippen LogP contribution is -2.54. The number of carboxylic acid groups (broad SMARTS) is 1. The number of benzene rings is 1. The Labute approximate surface area is 94.4 Å². The first kappa shape index (κ1) is 11.0. The van der Waals surface area contributed by atoms with Gasteiger partial charge in [0.05, 0.1) is 12.7 Å². The first-order valence-corrected chi connectivity index (χ1v) is 5.36. The highest BCUT2D eigenvalue weighted by atomic mass is 16.5. The van der Waals surface area contributed by atoms with Crippen LogP contribution in [0.1, 0.15) is 6.92 Å². The Bertz CT molecular complexity index is 366. The highest BCUT2D eigenvalue weighted by molar-refractivity contribution is 5.79. The van der Waals surface area contributed by atoms with Crippen molar-refractivity contribution in [1.82, 2.24) is 0 Å². The zero-order valence-electron chi connectivity index (χ0n) is 9.17. The molecule has 1 aliphatic rings. The smallest absolute Gasteiger partial charge is 0.329 e. The molecule has 1 heterocycles. The molecule has 0 aromatic heterocycles. The molecule has 1 aromatic carbocycles. The molecular formula is C12H15NO3. The van der Waals surface area contributed by atoms with Gasteiger partial charge in [-0.15, -0.1) is 0 Å². The lowest BCUT2D eigenvalue weighted by atomic mass is 10.1. The number of morpholine rings is 1. The molecule has 2 atom stereocenters. The van der Waals surface area contributed by atoms with Crippen molar-refractivity contribution in [3.63, 3.8) is 0 Å². The number of carboxylic acids is 1. The van der Waals surface area contributed by atoms with E-state index in [1.165, 1.54) is 0 Å². The molecule has 4 heteroatoms. The SMILES string of the molecule is CC1OCCN(c2ccccc2)C1C(=O)O. The van der Waals surface area contributed by atoms with Crippen molar-refractivity contribution in [2.24, 2.45) is 0 Å². The lowest BCUT2D eigenvalue weighted by molar-refractivity contribution is -0.143. The number of ether oxygens (including phenoxy) is 1. The minimum atomic E-state index is -0.837. The van der Waals surface area contributed by atoms with E-state index in [2.05, 4.69) is 0 Å². The largest absolute Gasteiger partial charge is 0.480 e. The maximum atomic E-state index is 11.2. The summed E-state index contributed by atoms with van der Waals surface area (Å²) in [7, 11) is 0. The van der Waals surface area contributed by atoms with Gasteiger partial charge in [-0.25, -0.2) is 4.79 Å². The van der Waals surface area contributed by atoms with E-state index in [1.54, 1.807) is 6.92 Å². The van der Waals surface area contributed by atoms with Crippen molar-refractivity contribution < 1.29 is 14.6 Å². The van der Waals surface area contributed by atoms with E-state index in [0.717, 1.165) is 5.69 Å². The van der Waals surface area contributed by atoms with E-state index in [1.807, 2.05) is 35.2 Å². The van der Waals surface area contributed by atoms with Crippen LogP contribution in [0, 0.1) is 0 Å². The maximum Gasteiger partial charge on any atom is 0.329 e. The zero-order valence-corrected chi connectivity index (χ0v) is 9.17. The molecule has 0 saturated carbocycles. The van der Waals surface area contributed by atoms with Crippen LogP contribution in [-0.4, -0.2) is 36.4 Å². The summed E-state index contributed by atoms with van der Waals surface area (Å²) in [6.07, 6.45) is -0.286. The summed E-state index contributed by atoms with van der Waals surface area (Å²) in [5.74, 6) is -0.837. The summed E-state index contributed by atoms with van der Waals surface area (Å²) in [4.78, 5) is 13.1. The van der Waals surface area contributed by atoms with E-state index in [4.69, 9.17) is 4.74 Å². The van der Waals surface area contributed by atoms with Gasteiger partial charge < -0.3 is 14.7 Å². The molecule has 1 saturated heterocycles. The summed E-state index contributed by atoms with van der Waals surface area (Å²) in [5.41, 5.74) is 0.935. The van der Waals surface area contributed by atoms with Gasteiger partial charge in [-0.05, 0) is 19.1 Å². The first-order chi connectivity index (χ1) is 7.70. The fourth-order valence-electron chi connectivity index (χ4n) is 2.06. The molecule has 1 aromatic rings. The van der Waals surface area contributed by atoms with E-state index < -0.39 is 12.0 Å². The van der Waals surface area contributed by atoms with Crippen LogP contribution < -0.4 is 4.90 Å². The van der Waals surface area contributed by atoms with Gasteiger partial charge in [-0.2, -0.15) is 0 Å². The Hall–Kier alpha value is -1.55. The van der Waals surface area contributed by atoms with Crippen molar-refractivity contribution in [2.45, 2.75) is 19.1 Å². The molecule has 0 spiro atoms. The molecule has 4 nitrogen and oxygen atoms in total. The van der Waals surface area contributed by atoms with Gasteiger partial charge in [0.25, 0.3) is 0 Å². The molecule has 86 valence electrons. The van der Waals surface area contributed by atoms with Gasteiger partial charge in [-0.1, -0.05) is 18.2 Å². The molecule has 1 aliphatic heterocycles. The van der Waals surface area contributed by atoms with E-state index in [9.17, 15) is 9.90 Å². The van der Waals surface area contributed by atoms with Crippen LogP contribution in [0.25, 0.3) is 0 Å². The van der Waals surface area contributed by atoms with Crippen LogP contribution in [0.3, 0.4) is 0 Å². The van der Waals surface area contributed by atoms with Crippen LogP contribution in [-0.2, 0) is 9.53 Å². The molecule has 0 radical (unpaired) electrons. The molecule has 0 bridgehead atoms. The molecule has 2 unspecified atom stereocenters. The number of nitrogens with zero attached hydrogens (tertiary/aromatic N) is 1. The minimum Gasteiger partial charge on any atom is -0.480 e. The van der Waals surface area contributed by atoms with E-state index >= 15 is 0 Å². The van der Waals surface area contributed by atoms with Crippen LogP contribution >= 0.6 is 0 Å². The third kappa shape index (κ3) is 2.02. The third-order valence-electron chi connectivity index (χ3n) is 2.83. The maximum absolute atomic E-state index is 11.2. The standard InChI is InChI=1S/C12H15NO3/c1-9-11(12(14)15)13(7-8-16-9)10-5-3-2-4-6-10/h2-6,9,11H,7-8H2,1H3,(H,14,15). The van der Waals surface area contributed by atoms with Gasteiger partial charge in [0.1, 0.15) is 0 Å². The Morgan fingerprint density at radius 1 is 1.44 bits per heavy atom. The summed E-state index contributed by atoms with van der Waals surface area (Å²) in [6.45, 7) is 2.99. The van der Waals surface area contributed by atoms with Crippen LogP contribution in [0.15, 0.2) is 30.3 Å². The molecule has 1 fully saturated rings. The van der Waals surface area contributed by atoms with Crippen molar-refractivity contribution in [3.8, 4) is 0 Å². The van der Waals surface area contributed by atoms with Crippen LogP contribution in [0.2, 0.25) is 0 Å². The molecule has 2 rings (SSSR count). The summed E-state index contributed by atoms with van der Waals surface area (Å²) >= 11 is 0. The Morgan fingerprint density at radius 2 is 2.12 bits per heavy atom. The van der Waals surface area contributed by atoms with E-state index in [-0.39, 0.29) is 6.10 Å². The topological polar surface area (TPSA) is 49.8 Å². The number of aliphatic carboxylic acids is 1. The highest BCUT2D eigenvalue weighted by Gasteiger charge is 2.35. The second-order valence-electron chi connectivity index (χ2n) is 3.89. The van der Waals surface area contributed by atoms with Gasteiger partial charge in [0.2, 0.25) is 0 Å². The lowest BCUT2D eigenvalue weighted by Gasteiger charge is -2.38.